The molecule has 2 saturated carbocycles. The third kappa shape index (κ3) is 3.49. The molecule has 1 amide bonds. The first-order valence-electron chi connectivity index (χ1n) is 10.8. The lowest BCUT2D eigenvalue weighted by atomic mass is 9.70. The van der Waals surface area contributed by atoms with Gasteiger partial charge < -0.3 is 0 Å². The second-order valence-corrected chi connectivity index (χ2v) is 10.5. The molecular formula is C23H24N6O3S. The van der Waals surface area contributed by atoms with Gasteiger partial charge in [-0.3, -0.25) is 25.3 Å². The molecule has 3 fully saturated rings. The molecule has 9 nitrogen and oxygen atoms in total. The van der Waals surface area contributed by atoms with E-state index < -0.39 is 4.92 Å². The highest BCUT2D eigenvalue weighted by Gasteiger charge is 2.60. The van der Waals surface area contributed by atoms with Crippen LogP contribution < -0.4 is 5.32 Å². The average molecular weight is 465 g/mol. The summed E-state index contributed by atoms with van der Waals surface area (Å²) in [5.74, 6) is 0.376. The van der Waals surface area contributed by atoms with Gasteiger partial charge in [0.1, 0.15) is 0 Å². The van der Waals surface area contributed by atoms with Crippen molar-refractivity contribution in [1.82, 2.24) is 15.5 Å². The number of thioether (sulfide) groups is 1. The number of nitro benzene ring substituents is 1. The molecule has 2 aliphatic carbocycles. The number of non-ortho nitro benzene ring substituents is 1. The SMILES string of the molecule is CC12CCC(CC1=N/N=C1\NC(=O)C(=Cc3cn[nH]c3-c3cccc([N+](=O)[O-])c3)S1)C2(C)C. The van der Waals surface area contributed by atoms with Crippen molar-refractivity contribution in [1.29, 1.82) is 0 Å². The average Bonchev–Trinajstić information content (AvgIpc) is 3.48. The number of benzene rings is 1. The number of carbonyl (C=O) groups excluding carboxylic acids is 1. The fourth-order valence-electron chi connectivity index (χ4n) is 5.21. The zero-order valence-corrected chi connectivity index (χ0v) is 19.4. The van der Waals surface area contributed by atoms with Gasteiger partial charge in [0.15, 0.2) is 5.17 Å². The van der Waals surface area contributed by atoms with E-state index in [1.165, 1.54) is 30.3 Å². The Morgan fingerprint density at radius 3 is 2.82 bits per heavy atom. The number of rotatable bonds is 4. The number of hydrogen-bond donors (Lipinski definition) is 2. The van der Waals surface area contributed by atoms with Crippen LogP contribution in [0.25, 0.3) is 17.3 Å². The van der Waals surface area contributed by atoms with Crippen LogP contribution in [0.15, 0.2) is 45.6 Å². The summed E-state index contributed by atoms with van der Waals surface area (Å²) in [4.78, 5) is 23.7. The highest BCUT2D eigenvalue weighted by Crippen LogP contribution is 2.64. The molecule has 1 aromatic carbocycles. The van der Waals surface area contributed by atoms with Gasteiger partial charge in [-0.25, -0.2) is 0 Å². The van der Waals surface area contributed by atoms with E-state index in [1.807, 2.05) is 0 Å². The van der Waals surface area contributed by atoms with Crippen molar-refractivity contribution in [3.05, 3.63) is 51.0 Å². The number of carbonyl (C=O) groups is 1. The van der Waals surface area contributed by atoms with Gasteiger partial charge in [-0.05, 0) is 48.4 Å². The molecule has 10 heteroatoms. The lowest BCUT2D eigenvalue weighted by Crippen LogP contribution is -2.32. The molecule has 2 unspecified atom stereocenters. The Morgan fingerprint density at radius 1 is 1.30 bits per heavy atom. The van der Waals surface area contributed by atoms with Gasteiger partial charge in [-0.2, -0.15) is 10.2 Å². The number of nitro groups is 1. The lowest BCUT2D eigenvalue weighted by molar-refractivity contribution is -0.384. The highest BCUT2D eigenvalue weighted by atomic mass is 32.2. The van der Waals surface area contributed by atoms with Gasteiger partial charge in [-0.15, -0.1) is 5.10 Å². The summed E-state index contributed by atoms with van der Waals surface area (Å²) in [6.07, 6.45) is 6.61. The molecule has 5 rings (SSSR count). The van der Waals surface area contributed by atoms with Crippen LogP contribution in [-0.4, -0.2) is 31.9 Å². The number of amides is 1. The van der Waals surface area contributed by atoms with Crippen LogP contribution in [0.5, 0.6) is 0 Å². The Morgan fingerprint density at radius 2 is 2.12 bits per heavy atom. The molecule has 2 heterocycles. The topological polar surface area (TPSA) is 126 Å². The van der Waals surface area contributed by atoms with Gasteiger partial charge in [-0.1, -0.05) is 32.9 Å². The fourth-order valence-corrected chi connectivity index (χ4v) is 5.98. The normalized spacial score (nSPS) is 29.4. The highest BCUT2D eigenvalue weighted by molar-refractivity contribution is 8.18. The Kier molecular flexibility index (Phi) is 5.00. The van der Waals surface area contributed by atoms with Crippen molar-refractivity contribution in [2.75, 3.05) is 0 Å². The maximum atomic E-state index is 12.5. The molecule has 0 spiro atoms. The van der Waals surface area contributed by atoms with Crippen LogP contribution in [0.2, 0.25) is 0 Å². The number of H-pyrrole nitrogens is 1. The number of amidine groups is 1. The maximum absolute atomic E-state index is 12.5. The Balaban J connectivity index is 1.39. The van der Waals surface area contributed by atoms with Crippen LogP contribution in [0.1, 0.15) is 45.6 Å². The summed E-state index contributed by atoms with van der Waals surface area (Å²) < 4.78 is 0. The van der Waals surface area contributed by atoms with Gasteiger partial charge in [0.05, 0.1) is 21.7 Å². The number of hydrogen-bond acceptors (Lipinski definition) is 7. The molecule has 1 aromatic heterocycles. The van der Waals surface area contributed by atoms with Crippen molar-refractivity contribution in [3.63, 3.8) is 0 Å². The summed E-state index contributed by atoms with van der Waals surface area (Å²) in [5, 5.41) is 30.2. The second-order valence-electron chi connectivity index (χ2n) is 9.52. The smallest absolute Gasteiger partial charge is 0.270 e. The molecule has 2 atom stereocenters. The molecule has 2 aromatic rings. The van der Waals surface area contributed by atoms with E-state index in [0.717, 1.165) is 18.6 Å². The van der Waals surface area contributed by atoms with Crippen molar-refractivity contribution in [3.8, 4) is 11.3 Å². The third-order valence-corrected chi connectivity index (χ3v) is 8.63. The molecule has 0 radical (unpaired) electrons. The van der Waals surface area contributed by atoms with Crippen LogP contribution >= 0.6 is 11.8 Å². The number of nitrogens with one attached hydrogen (secondary N) is 2. The number of nitrogens with zero attached hydrogens (tertiary/aromatic N) is 4. The van der Waals surface area contributed by atoms with Gasteiger partial charge in [0, 0.05) is 34.4 Å². The number of aromatic amines is 1. The van der Waals surface area contributed by atoms with E-state index in [1.54, 1.807) is 24.4 Å². The minimum atomic E-state index is -0.444. The van der Waals surface area contributed by atoms with Crippen LogP contribution in [0.4, 0.5) is 5.69 Å². The zero-order chi connectivity index (χ0) is 23.4. The van der Waals surface area contributed by atoms with Crippen LogP contribution in [-0.2, 0) is 4.79 Å². The van der Waals surface area contributed by atoms with Crippen molar-refractivity contribution in [2.45, 2.75) is 40.0 Å². The summed E-state index contributed by atoms with van der Waals surface area (Å²) in [6, 6.07) is 6.27. The van der Waals surface area contributed by atoms with E-state index >= 15 is 0 Å². The van der Waals surface area contributed by atoms with Crippen molar-refractivity contribution < 1.29 is 9.72 Å². The lowest BCUT2D eigenvalue weighted by Gasteiger charge is -2.34. The molecule has 2 N–H and O–H groups in total. The third-order valence-electron chi connectivity index (χ3n) is 7.73. The molecule has 33 heavy (non-hydrogen) atoms. The predicted octanol–water partition coefficient (Wildman–Crippen LogP) is 4.75. The molecule has 1 saturated heterocycles. The number of aromatic nitrogens is 2. The predicted molar refractivity (Wildman–Crippen MR) is 128 cm³/mol. The van der Waals surface area contributed by atoms with E-state index in [-0.39, 0.29) is 22.4 Å². The Bertz CT molecular complexity index is 1260. The minimum absolute atomic E-state index is 0.0142. The van der Waals surface area contributed by atoms with E-state index in [4.69, 9.17) is 0 Å². The standard InChI is InChI=1S/C23H24N6O3S/c1-22(2)15-7-8-23(22,3)18(11-15)26-28-21-25-20(30)17(33-21)10-14-12-24-27-19(14)13-5-4-6-16(9-13)29(31)32/h4-6,9-10,12,15H,7-8,11H2,1-3H3,(H,24,27)(H,25,28,30). The Labute approximate surface area is 195 Å². The minimum Gasteiger partial charge on any atom is -0.299 e. The summed E-state index contributed by atoms with van der Waals surface area (Å²) in [7, 11) is 0. The number of fused-ring (bicyclic) bond motifs is 2. The van der Waals surface area contributed by atoms with Crippen molar-refractivity contribution in [2.24, 2.45) is 27.0 Å². The molecular weight excluding hydrogens is 440 g/mol. The van der Waals surface area contributed by atoms with E-state index in [9.17, 15) is 14.9 Å². The summed E-state index contributed by atoms with van der Waals surface area (Å²) in [6.45, 7) is 6.91. The van der Waals surface area contributed by atoms with Gasteiger partial charge >= 0.3 is 0 Å². The molecule has 1 aliphatic heterocycles. The first-order valence-corrected chi connectivity index (χ1v) is 11.6. The van der Waals surface area contributed by atoms with Gasteiger partial charge in [0.2, 0.25) is 0 Å². The quantitative estimate of drug-likeness (QED) is 0.384. The first kappa shape index (κ1) is 21.6. The molecule has 2 bridgehead atoms. The largest absolute Gasteiger partial charge is 0.299 e. The maximum Gasteiger partial charge on any atom is 0.270 e. The zero-order valence-electron chi connectivity index (χ0n) is 18.6. The first-order chi connectivity index (χ1) is 15.7. The fraction of sp³-hybridized carbons (Fsp3) is 0.391. The van der Waals surface area contributed by atoms with Crippen LogP contribution in [0.3, 0.4) is 0 Å². The van der Waals surface area contributed by atoms with Crippen LogP contribution in [0, 0.1) is 26.9 Å². The second kappa shape index (κ2) is 7.65. The monoisotopic (exact) mass is 464 g/mol. The summed E-state index contributed by atoms with van der Waals surface area (Å²) >= 11 is 1.22. The van der Waals surface area contributed by atoms with E-state index in [2.05, 4.69) is 46.5 Å². The summed E-state index contributed by atoms with van der Waals surface area (Å²) in [5.41, 5.74) is 3.24. The van der Waals surface area contributed by atoms with E-state index in [0.29, 0.717) is 32.8 Å². The molecule has 170 valence electrons. The van der Waals surface area contributed by atoms with Gasteiger partial charge in [0.25, 0.3) is 11.6 Å². The van der Waals surface area contributed by atoms with Crippen molar-refractivity contribution >= 4 is 40.3 Å². The molecule has 3 aliphatic rings. The Hall–Kier alpha value is -3.27.